The van der Waals surface area contributed by atoms with Gasteiger partial charge in [0.25, 0.3) is 0 Å². The molecule has 1 aromatic heterocycles. The third-order valence-corrected chi connectivity index (χ3v) is 4.97. The molecule has 0 radical (unpaired) electrons. The van der Waals surface area contributed by atoms with Crippen LogP contribution in [0.25, 0.3) is 0 Å². The van der Waals surface area contributed by atoms with Crippen molar-refractivity contribution in [3.8, 4) is 5.75 Å². The Bertz CT molecular complexity index is 668. The normalized spacial score (nSPS) is 16.8. The van der Waals surface area contributed by atoms with Gasteiger partial charge in [-0.1, -0.05) is 35.3 Å². The number of rotatable bonds is 3. The lowest BCUT2D eigenvalue weighted by Gasteiger charge is -2.10. The van der Waals surface area contributed by atoms with Gasteiger partial charge < -0.3 is 9.84 Å². The number of carboxylic acids is 1. The highest BCUT2D eigenvalue weighted by Gasteiger charge is 2.32. The van der Waals surface area contributed by atoms with E-state index >= 15 is 0 Å². The highest BCUT2D eigenvalue weighted by Crippen LogP contribution is 2.43. The van der Waals surface area contributed by atoms with E-state index in [2.05, 4.69) is 0 Å². The molecule has 3 nitrogen and oxygen atoms in total. The van der Waals surface area contributed by atoms with Gasteiger partial charge in [0.15, 0.2) is 6.10 Å². The molecule has 2 heterocycles. The van der Waals surface area contributed by atoms with E-state index in [4.69, 9.17) is 33.0 Å². The van der Waals surface area contributed by atoms with Crippen LogP contribution in [-0.4, -0.2) is 17.2 Å². The molecular formula is C14H10Cl2O3S. The van der Waals surface area contributed by atoms with E-state index in [1.54, 1.807) is 11.3 Å². The van der Waals surface area contributed by atoms with Gasteiger partial charge in [-0.25, -0.2) is 4.79 Å². The first-order valence-electron chi connectivity index (χ1n) is 5.98. The van der Waals surface area contributed by atoms with E-state index in [1.807, 2.05) is 23.6 Å². The van der Waals surface area contributed by atoms with Crippen molar-refractivity contribution in [3.63, 3.8) is 0 Å². The topological polar surface area (TPSA) is 46.5 Å². The second-order valence-electron chi connectivity index (χ2n) is 4.56. The fourth-order valence-electron chi connectivity index (χ4n) is 2.25. The third kappa shape index (κ3) is 2.39. The largest absolute Gasteiger partial charge is 0.478 e. The molecule has 1 aliphatic rings. The lowest BCUT2D eigenvalue weighted by atomic mass is 10.0. The van der Waals surface area contributed by atoms with Crippen molar-refractivity contribution in [1.82, 2.24) is 0 Å². The molecule has 0 saturated heterocycles. The molecule has 3 rings (SSSR count). The molecular weight excluding hydrogens is 319 g/mol. The highest BCUT2D eigenvalue weighted by atomic mass is 35.5. The summed E-state index contributed by atoms with van der Waals surface area (Å²) in [5, 5.41) is 11.8. The SMILES string of the molecule is O=C(O)C1Cc2cc(Cc3cccs3)c(Cl)c(Cl)c2O1. The van der Waals surface area contributed by atoms with Gasteiger partial charge in [0.2, 0.25) is 0 Å². The number of carboxylic acid groups (broad SMARTS) is 1. The maximum Gasteiger partial charge on any atom is 0.345 e. The number of carbonyl (C=O) groups is 1. The number of halogens is 2. The van der Waals surface area contributed by atoms with Crippen LogP contribution in [0.5, 0.6) is 5.75 Å². The standard InChI is InChI=1S/C14H10Cl2O3S/c15-11-7(5-9-2-1-3-20-9)4-8-6-10(14(17)18)19-13(8)12(11)16/h1-4,10H,5-6H2,(H,17,18). The van der Waals surface area contributed by atoms with E-state index in [9.17, 15) is 4.79 Å². The Hall–Kier alpha value is -1.23. The Morgan fingerprint density at radius 2 is 2.25 bits per heavy atom. The van der Waals surface area contributed by atoms with Crippen molar-refractivity contribution in [2.75, 3.05) is 0 Å². The van der Waals surface area contributed by atoms with Gasteiger partial charge in [-0.2, -0.15) is 0 Å². The fourth-order valence-corrected chi connectivity index (χ4v) is 3.47. The van der Waals surface area contributed by atoms with Crippen LogP contribution >= 0.6 is 34.5 Å². The lowest BCUT2D eigenvalue weighted by Crippen LogP contribution is -2.24. The van der Waals surface area contributed by atoms with Gasteiger partial charge in [0.1, 0.15) is 10.8 Å². The Morgan fingerprint density at radius 3 is 2.90 bits per heavy atom. The maximum atomic E-state index is 11.0. The first-order valence-corrected chi connectivity index (χ1v) is 7.61. The van der Waals surface area contributed by atoms with Crippen molar-refractivity contribution in [2.45, 2.75) is 18.9 Å². The van der Waals surface area contributed by atoms with Crippen molar-refractivity contribution in [2.24, 2.45) is 0 Å². The van der Waals surface area contributed by atoms with Gasteiger partial charge in [0.05, 0.1) is 5.02 Å². The molecule has 1 N–H and O–H groups in total. The minimum absolute atomic E-state index is 0.305. The van der Waals surface area contributed by atoms with Crippen LogP contribution in [-0.2, 0) is 17.6 Å². The van der Waals surface area contributed by atoms with E-state index in [1.165, 1.54) is 4.88 Å². The van der Waals surface area contributed by atoms with Crippen molar-refractivity contribution in [1.29, 1.82) is 0 Å². The summed E-state index contributed by atoms with van der Waals surface area (Å²) in [5.41, 5.74) is 1.70. The van der Waals surface area contributed by atoms with Gasteiger partial charge >= 0.3 is 5.97 Å². The highest BCUT2D eigenvalue weighted by molar-refractivity contribution is 7.09. The zero-order valence-electron chi connectivity index (χ0n) is 10.2. The van der Waals surface area contributed by atoms with Gasteiger partial charge in [-0.3, -0.25) is 0 Å². The predicted molar refractivity (Wildman–Crippen MR) is 79.3 cm³/mol. The average molecular weight is 329 g/mol. The first kappa shape index (κ1) is 13.7. The summed E-state index contributed by atoms with van der Waals surface area (Å²) in [5.74, 6) is -0.591. The van der Waals surface area contributed by atoms with E-state index < -0.39 is 12.1 Å². The fraction of sp³-hybridized carbons (Fsp3) is 0.214. The summed E-state index contributed by atoms with van der Waals surface area (Å²) in [7, 11) is 0. The minimum Gasteiger partial charge on any atom is -0.478 e. The summed E-state index contributed by atoms with van der Waals surface area (Å²) >= 11 is 14.1. The van der Waals surface area contributed by atoms with E-state index in [0.717, 1.165) is 11.1 Å². The van der Waals surface area contributed by atoms with Gasteiger partial charge in [0, 0.05) is 23.3 Å². The van der Waals surface area contributed by atoms with Gasteiger partial charge in [-0.05, 0) is 17.0 Å². The number of hydrogen-bond acceptors (Lipinski definition) is 3. The molecule has 1 atom stereocenters. The Morgan fingerprint density at radius 1 is 1.45 bits per heavy atom. The van der Waals surface area contributed by atoms with Crippen LogP contribution < -0.4 is 4.74 Å². The zero-order chi connectivity index (χ0) is 14.3. The summed E-state index contributed by atoms with van der Waals surface area (Å²) in [6.07, 6.45) is 0.121. The number of ether oxygens (including phenoxy) is 1. The summed E-state index contributed by atoms with van der Waals surface area (Å²) in [6, 6.07) is 5.90. The molecule has 0 amide bonds. The number of aliphatic carboxylic acids is 1. The molecule has 6 heteroatoms. The number of hydrogen-bond donors (Lipinski definition) is 1. The Labute approximate surface area is 129 Å². The molecule has 1 aromatic carbocycles. The zero-order valence-corrected chi connectivity index (χ0v) is 12.6. The van der Waals surface area contributed by atoms with Crippen molar-refractivity contribution in [3.05, 3.63) is 49.6 Å². The van der Waals surface area contributed by atoms with Crippen LogP contribution in [0, 0.1) is 0 Å². The maximum absolute atomic E-state index is 11.0. The second-order valence-corrected chi connectivity index (χ2v) is 6.35. The second kappa shape index (κ2) is 5.28. The Balaban J connectivity index is 1.97. The molecule has 20 heavy (non-hydrogen) atoms. The van der Waals surface area contributed by atoms with E-state index in [0.29, 0.717) is 28.6 Å². The molecule has 2 aromatic rings. The summed E-state index contributed by atoms with van der Waals surface area (Å²) in [6.45, 7) is 0. The van der Waals surface area contributed by atoms with Crippen LogP contribution in [0.15, 0.2) is 23.6 Å². The lowest BCUT2D eigenvalue weighted by molar-refractivity contribution is -0.144. The third-order valence-electron chi connectivity index (χ3n) is 3.20. The number of benzene rings is 1. The van der Waals surface area contributed by atoms with E-state index in [-0.39, 0.29) is 0 Å². The number of fused-ring (bicyclic) bond motifs is 1. The quantitative estimate of drug-likeness (QED) is 0.925. The van der Waals surface area contributed by atoms with Crippen molar-refractivity contribution < 1.29 is 14.6 Å². The molecule has 0 saturated carbocycles. The summed E-state index contributed by atoms with van der Waals surface area (Å²) < 4.78 is 5.36. The Kier molecular flexibility index (Phi) is 3.63. The van der Waals surface area contributed by atoms with Crippen LogP contribution in [0.4, 0.5) is 0 Å². The van der Waals surface area contributed by atoms with Crippen LogP contribution in [0.3, 0.4) is 0 Å². The monoisotopic (exact) mass is 328 g/mol. The van der Waals surface area contributed by atoms with Gasteiger partial charge in [-0.15, -0.1) is 11.3 Å². The predicted octanol–water partition coefficient (Wildman–Crippen LogP) is 4.03. The molecule has 1 unspecified atom stereocenters. The molecule has 1 aliphatic heterocycles. The molecule has 0 fully saturated rings. The van der Waals surface area contributed by atoms with Crippen LogP contribution in [0.2, 0.25) is 10.0 Å². The minimum atomic E-state index is -0.992. The number of thiophene rings is 1. The van der Waals surface area contributed by atoms with Crippen molar-refractivity contribution >= 4 is 40.5 Å². The van der Waals surface area contributed by atoms with Crippen LogP contribution in [0.1, 0.15) is 16.0 Å². The smallest absolute Gasteiger partial charge is 0.345 e. The average Bonchev–Trinajstić information content (AvgIpc) is 3.04. The first-order chi connectivity index (χ1) is 9.56. The molecule has 0 aliphatic carbocycles. The summed E-state index contributed by atoms with van der Waals surface area (Å²) in [4.78, 5) is 12.2. The molecule has 0 spiro atoms. The molecule has 104 valence electrons. The molecule has 0 bridgehead atoms.